The molecular formula is C33H56O4. The molecular weight excluding hydrogens is 460 g/mol. The number of allylic oxidation sites excluding steroid dienone is 1. The Bertz CT molecular complexity index is 838. The normalized spacial score (nSPS) is 37.8. The lowest BCUT2D eigenvalue weighted by atomic mass is 9.47. The van der Waals surface area contributed by atoms with Crippen LogP contribution in [0.1, 0.15) is 126 Å². The number of unbranched alkanes of at least 4 members (excludes halogenated alkanes) is 1. The standard InChI is InChI=1S/C33H56O4/c1-30(2,3)37-29(34)22-36-25-16-19-33(7)24(21-25)12-14-26-27-15-13-23(32(27,6)20-17-28(26)33)11-9-10-18-31(4,5)35-8/h12,23,25-28H,9-11,13-22H2,1-8H3. The van der Waals surface area contributed by atoms with Crippen molar-refractivity contribution in [2.75, 3.05) is 13.7 Å². The van der Waals surface area contributed by atoms with E-state index < -0.39 is 5.60 Å². The number of hydrogen-bond acceptors (Lipinski definition) is 4. The van der Waals surface area contributed by atoms with Crippen LogP contribution in [0.3, 0.4) is 0 Å². The lowest BCUT2D eigenvalue weighted by molar-refractivity contribution is -0.163. The predicted molar refractivity (Wildman–Crippen MR) is 150 cm³/mol. The van der Waals surface area contributed by atoms with Crippen molar-refractivity contribution in [2.24, 2.45) is 34.5 Å². The van der Waals surface area contributed by atoms with Gasteiger partial charge in [0.25, 0.3) is 0 Å². The van der Waals surface area contributed by atoms with Gasteiger partial charge < -0.3 is 14.2 Å². The van der Waals surface area contributed by atoms with Gasteiger partial charge in [0.15, 0.2) is 0 Å². The van der Waals surface area contributed by atoms with Gasteiger partial charge in [0.05, 0.1) is 11.7 Å². The number of methoxy groups -OCH3 is 1. The van der Waals surface area contributed by atoms with E-state index in [1.807, 2.05) is 27.9 Å². The molecule has 0 heterocycles. The SMILES string of the molecule is COC(C)(C)CCCCC1CCC2C3CC=C4CC(OCC(=O)OC(C)(C)C)CCC4(C)C3CCC12C. The molecule has 4 rings (SSSR count). The summed E-state index contributed by atoms with van der Waals surface area (Å²) in [7, 11) is 1.84. The van der Waals surface area contributed by atoms with E-state index in [0.717, 1.165) is 42.9 Å². The first kappa shape index (κ1) is 29.1. The molecule has 4 heteroatoms. The Morgan fingerprint density at radius 1 is 1.00 bits per heavy atom. The molecule has 0 aromatic heterocycles. The van der Waals surface area contributed by atoms with E-state index in [4.69, 9.17) is 14.2 Å². The van der Waals surface area contributed by atoms with Crippen LogP contribution in [-0.4, -0.2) is 37.0 Å². The van der Waals surface area contributed by atoms with Crippen LogP contribution in [0.2, 0.25) is 0 Å². The number of carbonyl (C=O) groups excluding carboxylic acids is 1. The van der Waals surface area contributed by atoms with Gasteiger partial charge in [-0.2, -0.15) is 0 Å². The van der Waals surface area contributed by atoms with Crippen LogP contribution in [-0.2, 0) is 19.0 Å². The highest BCUT2D eigenvalue weighted by atomic mass is 16.6. The molecule has 7 unspecified atom stereocenters. The summed E-state index contributed by atoms with van der Waals surface area (Å²) >= 11 is 0. The molecule has 0 bridgehead atoms. The van der Waals surface area contributed by atoms with Gasteiger partial charge in [-0.15, -0.1) is 0 Å². The number of fused-ring (bicyclic) bond motifs is 5. The zero-order valence-corrected chi connectivity index (χ0v) is 25.3. The van der Waals surface area contributed by atoms with E-state index in [0.29, 0.717) is 10.8 Å². The smallest absolute Gasteiger partial charge is 0.332 e. The molecule has 0 aromatic rings. The average Bonchev–Trinajstić information content (AvgIpc) is 3.15. The Hall–Kier alpha value is -0.870. The van der Waals surface area contributed by atoms with Gasteiger partial charge in [0.1, 0.15) is 12.2 Å². The van der Waals surface area contributed by atoms with E-state index in [2.05, 4.69) is 33.8 Å². The zero-order valence-electron chi connectivity index (χ0n) is 25.3. The van der Waals surface area contributed by atoms with Gasteiger partial charge in [-0.25, -0.2) is 4.79 Å². The maximum atomic E-state index is 12.2. The van der Waals surface area contributed by atoms with Gasteiger partial charge in [-0.1, -0.05) is 38.3 Å². The minimum absolute atomic E-state index is 0.0154. The van der Waals surface area contributed by atoms with Crippen LogP contribution in [0.5, 0.6) is 0 Å². The van der Waals surface area contributed by atoms with Crippen LogP contribution in [0, 0.1) is 34.5 Å². The van der Waals surface area contributed by atoms with E-state index in [1.54, 1.807) is 5.57 Å². The van der Waals surface area contributed by atoms with Crippen LogP contribution in [0.4, 0.5) is 0 Å². The summed E-state index contributed by atoms with van der Waals surface area (Å²) in [6.45, 7) is 15.5. The van der Waals surface area contributed by atoms with Gasteiger partial charge in [-0.05, 0) is 133 Å². The second kappa shape index (κ2) is 11.0. The maximum absolute atomic E-state index is 12.2. The van der Waals surface area contributed by atoms with Crippen molar-refractivity contribution in [3.63, 3.8) is 0 Å². The maximum Gasteiger partial charge on any atom is 0.332 e. The van der Waals surface area contributed by atoms with Crippen molar-refractivity contribution in [1.82, 2.24) is 0 Å². The molecule has 0 aliphatic heterocycles. The molecule has 4 aliphatic rings. The summed E-state index contributed by atoms with van der Waals surface area (Å²) in [6, 6.07) is 0. The number of rotatable bonds is 9. The van der Waals surface area contributed by atoms with Crippen LogP contribution in [0.25, 0.3) is 0 Å². The second-order valence-electron chi connectivity index (χ2n) is 15.0. The first-order chi connectivity index (χ1) is 17.3. The topological polar surface area (TPSA) is 44.8 Å². The number of ether oxygens (including phenoxy) is 3. The fraction of sp³-hybridized carbons (Fsp3) is 0.909. The van der Waals surface area contributed by atoms with Gasteiger partial charge in [0.2, 0.25) is 0 Å². The van der Waals surface area contributed by atoms with Crippen molar-refractivity contribution in [3.8, 4) is 0 Å². The summed E-state index contributed by atoms with van der Waals surface area (Å²) in [5, 5.41) is 0. The molecule has 3 fully saturated rings. The van der Waals surface area contributed by atoms with Gasteiger partial charge in [0, 0.05) is 7.11 Å². The first-order valence-electron chi connectivity index (χ1n) is 15.4. The summed E-state index contributed by atoms with van der Waals surface area (Å²) in [5.74, 6) is 3.22. The number of carbonyl (C=O) groups is 1. The Morgan fingerprint density at radius 3 is 2.46 bits per heavy atom. The predicted octanol–water partition coefficient (Wildman–Crippen LogP) is 8.28. The van der Waals surface area contributed by atoms with E-state index in [9.17, 15) is 4.79 Å². The third-order valence-corrected chi connectivity index (χ3v) is 11.2. The Balaban J connectivity index is 1.34. The minimum Gasteiger partial charge on any atom is -0.458 e. The molecule has 0 spiro atoms. The summed E-state index contributed by atoms with van der Waals surface area (Å²) in [5.41, 5.74) is 2.03. The fourth-order valence-electron chi connectivity index (χ4n) is 8.95. The number of esters is 1. The highest BCUT2D eigenvalue weighted by Crippen LogP contribution is 2.66. The molecule has 0 saturated heterocycles. The van der Waals surface area contributed by atoms with Crippen LogP contribution < -0.4 is 0 Å². The highest BCUT2D eigenvalue weighted by molar-refractivity contribution is 5.71. The molecule has 4 aliphatic carbocycles. The monoisotopic (exact) mass is 516 g/mol. The van der Waals surface area contributed by atoms with Gasteiger partial charge in [-0.3, -0.25) is 0 Å². The Kier molecular flexibility index (Phi) is 8.62. The Labute approximate surface area is 227 Å². The molecule has 3 saturated carbocycles. The largest absolute Gasteiger partial charge is 0.458 e. The van der Waals surface area contributed by atoms with E-state index in [1.165, 1.54) is 57.8 Å². The van der Waals surface area contributed by atoms with E-state index >= 15 is 0 Å². The first-order valence-corrected chi connectivity index (χ1v) is 15.4. The molecule has 0 radical (unpaired) electrons. The lowest BCUT2D eigenvalue weighted by Gasteiger charge is -2.58. The third-order valence-electron chi connectivity index (χ3n) is 11.2. The summed E-state index contributed by atoms with van der Waals surface area (Å²) < 4.78 is 17.2. The Morgan fingerprint density at radius 2 is 1.76 bits per heavy atom. The number of hydrogen-bond donors (Lipinski definition) is 0. The quantitative estimate of drug-likeness (QED) is 0.176. The molecule has 37 heavy (non-hydrogen) atoms. The molecule has 0 amide bonds. The third kappa shape index (κ3) is 6.32. The second-order valence-corrected chi connectivity index (χ2v) is 15.0. The molecule has 0 N–H and O–H groups in total. The van der Waals surface area contributed by atoms with E-state index in [-0.39, 0.29) is 24.3 Å². The molecule has 4 nitrogen and oxygen atoms in total. The minimum atomic E-state index is -0.456. The van der Waals surface area contributed by atoms with Crippen molar-refractivity contribution >= 4 is 5.97 Å². The zero-order chi connectivity index (χ0) is 27.1. The van der Waals surface area contributed by atoms with Crippen molar-refractivity contribution < 1.29 is 19.0 Å². The lowest BCUT2D eigenvalue weighted by Crippen LogP contribution is -2.50. The van der Waals surface area contributed by atoms with Crippen molar-refractivity contribution in [1.29, 1.82) is 0 Å². The molecule has 0 aromatic carbocycles. The van der Waals surface area contributed by atoms with Crippen LogP contribution >= 0.6 is 0 Å². The molecule has 7 atom stereocenters. The summed E-state index contributed by atoms with van der Waals surface area (Å²) in [4.78, 5) is 12.2. The van der Waals surface area contributed by atoms with Crippen LogP contribution in [0.15, 0.2) is 11.6 Å². The van der Waals surface area contributed by atoms with Crippen molar-refractivity contribution in [3.05, 3.63) is 11.6 Å². The summed E-state index contributed by atoms with van der Waals surface area (Å²) in [6.07, 6.45) is 18.1. The highest BCUT2D eigenvalue weighted by Gasteiger charge is 2.58. The fourth-order valence-corrected chi connectivity index (χ4v) is 8.95. The molecule has 212 valence electrons. The van der Waals surface area contributed by atoms with Crippen molar-refractivity contribution in [2.45, 2.75) is 143 Å². The van der Waals surface area contributed by atoms with Gasteiger partial charge >= 0.3 is 5.97 Å². The average molecular weight is 517 g/mol.